The van der Waals surface area contributed by atoms with Crippen molar-refractivity contribution < 1.29 is 27.1 Å². The molecule has 2 amide bonds. The standard InChI is InChI=1S/C27H38FN3O5S/c1-6-20(3)29-27(33)21(4)30(19-22-11-8-9-12-25(22)28)26(32)13-10-18-31(37(5,34)35)23-14-16-24(17-15-23)36-7-2/h8-9,11-12,14-17,20-21H,6-7,10,13,18-19H2,1-5H3,(H,29,33). The number of hydrogen-bond donors (Lipinski definition) is 1. The van der Waals surface area contributed by atoms with Gasteiger partial charge in [0.05, 0.1) is 18.6 Å². The zero-order valence-corrected chi connectivity index (χ0v) is 23.1. The second-order valence-corrected chi connectivity index (χ2v) is 10.9. The van der Waals surface area contributed by atoms with Crippen LogP contribution >= 0.6 is 0 Å². The quantitative estimate of drug-likeness (QED) is 0.393. The Hall–Kier alpha value is -3.14. The van der Waals surface area contributed by atoms with Gasteiger partial charge >= 0.3 is 0 Å². The first-order valence-electron chi connectivity index (χ1n) is 12.5. The molecule has 0 radical (unpaired) electrons. The molecule has 0 aromatic heterocycles. The van der Waals surface area contributed by atoms with Crippen LogP contribution in [0, 0.1) is 5.82 Å². The molecule has 204 valence electrons. The van der Waals surface area contributed by atoms with E-state index in [0.29, 0.717) is 23.6 Å². The molecule has 2 aromatic carbocycles. The summed E-state index contributed by atoms with van der Waals surface area (Å²) < 4.78 is 46.0. The summed E-state index contributed by atoms with van der Waals surface area (Å²) in [5.74, 6) is -0.529. The molecular formula is C27H38FN3O5S. The van der Waals surface area contributed by atoms with Crippen LogP contribution in [0.3, 0.4) is 0 Å². The molecular weight excluding hydrogens is 497 g/mol. The Bertz CT molecular complexity index is 1140. The van der Waals surface area contributed by atoms with Crippen molar-refractivity contribution in [3.63, 3.8) is 0 Å². The lowest BCUT2D eigenvalue weighted by molar-refractivity contribution is -0.141. The molecule has 0 heterocycles. The van der Waals surface area contributed by atoms with Crippen molar-refractivity contribution in [3.05, 3.63) is 59.9 Å². The third-order valence-electron chi connectivity index (χ3n) is 6.05. The van der Waals surface area contributed by atoms with Crippen LogP contribution in [0.2, 0.25) is 0 Å². The number of carbonyl (C=O) groups excluding carboxylic acids is 2. The van der Waals surface area contributed by atoms with E-state index in [-0.39, 0.29) is 43.8 Å². The third-order valence-corrected chi connectivity index (χ3v) is 7.25. The Kier molecular flexibility index (Phi) is 11.4. The zero-order valence-electron chi connectivity index (χ0n) is 22.2. The highest BCUT2D eigenvalue weighted by Gasteiger charge is 2.28. The van der Waals surface area contributed by atoms with Crippen LogP contribution in [0.1, 0.15) is 52.5 Å². The van der Waals surface area contributed by atoms with Crippen LogP contribution in [-0.4, -0.2) is 56.6 Å². The van der Waals surface area contributed by atoms with Crippen molar-refractivity contribution in [1.82, 2.24) is 10.2 Å². The highest BCUT2D eigenvalue weighted by atomic mass is 32.2. The first kappa shape index (κ1) is 30.1. The summed E-state index contributed by atoms with van der Waals surface area (Å²) >= 11 is 0. The molecule has 1 N–H and O–H groups in total. The Morgan fingerprint density at radius 3 is 2.27 bits per heavy atom. The van der Waals surface area contributed by atoms with Crippen molar-refractivity contribution in [2.75, 3.05) is 23.7 Å². The number of hydrogen-bond acceptors (Lipinski definition) is 5. The van der Waals surface area contributed by atoms with E-state index in [9.17, 15) is 22.4 Å². The molecule has 0 fully saturated rings. The molecule has 10 heteroatoms. The van der Waals surface area contributed by atoms with Crippen molar-refractivity contribution >= 4 is 27.5 Å². The summed E-state index contributed by atoms with van der Waals surface area (Å²) in [7, 11) is -3.61. The number of amides is 2. The molecule has 8 nitrogen and oxygen atoms in total. The summed E-state index contributed by atoms with van der Waals surface area (Å²) in [6.45, 7) is 7.77. The highest BCUT2D eigenvalue weighted by molar-refractivity contribution is 7.92. The smallest absolute Gasteiger partial charge is 0.242 e. The Balaban J connectivity index is 2.17. The fraction of sp³-hybridized carbons (Fsp3) is 0.481. The molecule has 2 atom stereocenters. The second kappa shape index (κ2) is 14.0. The topological polar surface area (TPSA) is 96.0 Å². The van der Waals surface area contributed by atoms with Crippen LogP contribution in [0.5, 0.6) is 5.75 Å². The number of benzene rings is 2. The van der Waals surface area contributed by atoms with Gasteiger partial charge in [0.2, 0.25) is 21.8 Å². The Labute approximate surface area is 219 Å². The number of rotatable bonds is 14. The van der Waals surface area contributed by atoms with Gasteiger partial charge in [-0.15, -0.1) is 0 Å². The Morgan fingerprint density at radius 1 is 1.05 bits per heavy atom. The maximum Gasteiger partial charge on any atom is 0.242 e. The van der Waals surface area contributed by atoms with E-state index in [4.69, 9.17) is 4.74 Å². The molecule has 37 heavy (non-hydrogen) atoms. The fourth-order valence-corrected chi connectivity index (χ4v) is 4.70. The molecule has 2 unspecified atom stereocenters. The van der Waals surface area contributed by atoms with Crippen molar-refractivity contribution in [1.29, 1.82) is 0 Å². The molecule has 2 rings (SSSR count). The van der Waals surface area contributed by atoms with Crippen LogP contribution in [0.25, 0.3) is 0 Å². The summed E-state index contributed by atoms with van der Waals surface area (Å²) in [6.07, 6.45) is 2.04. The van der Waals surface area contributed by atoms with Gasteiger partial charge in [0, 0.05) is 31.1 Å². The van der Waals surface area contributed by atoms with Gasteiger partial charge in [0.1, 0.15) is 17.6 Å². The minimum atomic E-state index is -3.61. The summed E-state index contributed by atoms with van der Waals surface area (Å²) in [6, 6.07) is 11.9. The van der Waals surface area contributed by atoms with Crippen molar-refractivity contribution in [2.45, 2.75) is 65.6 Å². The largest absolute Gasteiger partial charge is 0.494 e. The van der Waals surface area contributed by atoms with Crippen molar-refractivity contribution in [2.24, 2.45) is 0 Å². The van der Waals surface area contributed by atoms with Crippen molar-refractivity contribution in [3.8, 4) is 5.75 Å². The number of halogens is 1. The van der Waals surface area contributed by atoms with Gasteiger partial charge in [-0.3, -0.25) is 13.9 Å². The number of anilines is 1. The van der Waals surface area contributed by atoms with Gasteiger partial charge in [-0.2, -0.15) is 0 Å². The van der Waals surface area contributed by atoms with Crippen LogP contribution in [0.4, 0.5) is 10.1 Å². The molecule has 0 saturated heterocycles. The number of nitrogens with zero attached hydrogens (tertiary/aromatic N) is 2. The van der Waals surface area contributed by atoms with E-state index in [1.165, 1.54) is 15.3 Å². The van der Waals surface area contributed by atoms with E-state index in [1.807, 2.05) is 20.8 Å². The van der Waals surface area contributed by atoms with E-state index >= 15 is 0 Å². The minimum Gasteiger partial charge on any atom is -0.494 e. The maximum atomic E-state index is 14.4. The van der Waals surface area contributed by atoms with E-state index in [1.54, 1.807) is 49.4 Å². The lowest BCUT2D eigenvalue weighted by Gasteiger charge is -2.30. The Morgan fingerprint density at radius 2 is 1.70 bits per heavy atom. The molecule has 0 aliphatic heterocycles. The lowest BCUT2D eigenvalue weighted by Crippen LogP contribution is -2.49. The van der Waals surface area contributed by atoms with Gasteiger partial charge < -0.3 is 15.0 Å². The average Bonchev–Trinajstić information content (AvgIpc) is 2.85. The predicted octanol–water partition coefficient (Wildman–Crippen LogP) is 4.10. The van der Waals surface area contributed by atoms with E-state index in [0.717, 1.165) is 12.7 Å². The molecule has 0 spiro atoms. The van der Waals surface area contributed by atoms with Gasteiger partial charge in [-0.1, -0.05) is 25.1 Å². The summed E-state index contributed by atoms with van der Waals surface area (Å²) in [5.41, 5.74) is 0.758. The van der Waals surface area contributed by atoms with Gasteiger partial charge in [0.15, 0.2) is 0 Å². The number of sulfonamides is 1. The van der Waals surface area contributed by atoms with Gasteiger partial charge in [-0.05, 0) is 63.9 Å². The van der Waals surface area contributed by atoms with E-state index in [2.05, 4.69) is 5.32 Å². The van der Waals surface area contributed by atoms with Gasteiger partial charge in [-0.25, -0.2) is 12.8 Å². The normalized spacial score (nSPS) is 12.9. The SMILES string of the molecule is CCOc1ccc(N(CCCC(=O)N(Cc2ccccc2F)C(C)C(=O)NC(C)CC)S(C)(=O)=O)cc1. The first-order valence-corrected chi connectivity index (χ1v) is 14.4. The second-order valence-electron chi connectivity index (χ2n) is 8.97. The number of ether oxygens (including phenoxy) is 1. The van der Waals surface area contributed by atoms with Crippen LogP contribution < -0.4 is 14.4 Å². The predicted molar refractivity (Wildman–Crippen MR) is 143 cm³/mol. The molecule has 0 aliphatic rings. The number of nitrogens with one attached hydrogen (secondary N) is 1. The minimum absolute atomic E-state index is 0.0154. The number of carbonyl (C=O) groups is 2. The molecule has 0 aliphatic carbocycles. The monoisotopic (exact) mass is 535 g/mol. The molecule has 0 bridgehead atoms. The zero-order chi connectivity index (χ0) is 27.6. The fourth-order valence-electron chi connectivity index (χ4n) is 3.74. The first-order chi connectivity index (χ1) is 17.5. The third kappa shape index (κ3) is 9.03. The van der Waals surface area contributed by atoms with Crippen LogP contribution in [0.15, 0.2) is 48.5 Å². The van der Waals surface area contributed by atoms with Gasteiger partial charge in [0.25, 0.3) is 0 Å². The maximum absolute atomic E-state index is 14.4. The molecule has 0 saturated carbocycles. The highest BCUT2D eigenvalue weighted by Crippen LogP contribution is 2.23. The average molecular weight is 536 g/mol. The lowest BCUT2D eigenvalue weighted by atomic mass is 10.1. The summed E-state index contributed by atoms with van der Waals surface area (Å²) in [4.78, 5) is 27.4. The van der Waals surface area contributed by atoms with E-state index < -0.39 is 21.9 Å². The summed E-state index contributed by atoms with van der Waals surface area (Å²) in [5, 5.41) is 2.87. The van der Waals surface area contributed by atoms with Crippen LogP contribution in [-0.2, 0) is 26.2 Å². The molecule has 2 aromatic rings.